The third-order valence-electron chi connectivity index (χ3n) is 4.72. The topological polar surface area (TPSA) is 115 Å². The molecule has 0 radical (unpaired) electrons. The van der Waals surface area contributed by atoms with Crippen molar-refractivity contribution in [3.05, 3.63) is 65.5 Å². The molecule has 1 amide bonds. The Morgan fingerprint density at radius 3 is 2.31 bits per heavy atom. The number of aryl methyl sites for hydroxylation is 1. The molecule has 0 spiro atoms. The summed E-state index contributed by atoms with van der Waals surface area (Å²) in [4.78, 5) is 11.9. The van der Waals surface area contributed by atoms with Crippen molar-refractivity contribution in [2.75, 3.05) is 17.6 Å². The zero-order chi connectivity index (χ0) is 27.1. The molecule has 1 N–H and O–H groups in total. The Labute approximate surface area is 221 Å². The molecule has 2 aromatic carbocycles. The van der Waals surface area contributed by atoms with Crippen LogP contribution in [0.3, 0.4) is 0 Å². The van der Waals surface area contributed by atoms with E-state index in [0.717, 1.165) is 11.8 Å². The minimum atomic E-state index is -3.43. The number of alkyl halides is 1. The number of nitrogens with zero attached hydrogens (tertiary/aromatic N) is 3. The number of nitrogens with one attached hydrogen (secondary N) is 1. The summed E-state index contributed by atoms with van der Waals surface area (Å²) in [5.74, 6) is 0.414. The van der Waals surface area contributed by atoms with E-state index in [0.29, 0.717) is 16.6 Å². The highest BCUT2D eigenvalue weighted by molar-refractivity contribution is 9.08. The molecule has 0 aliphatic rings. The number of carbonyl (C=O) groups is 1. The predicted octanol–water partition coefficient (Wildman–Crippen LogP) is 5.61. The van der Waals surface area contributed by atoms with Gasteiger partial charge in [-0.15, -0.1) is 10.2 Å². The van der Waals surface area contributed by atoms with Crippen LogP contribution < -0.4 is 9.62 Å². The number of halogens is 1. The Kier molecular flexibility index (Phi) is 10.1. The minimum Gasteiger partial charge on any atom is -0.444 e. The van der Waals surface area contributed by atoms with Gasteiger partial charge in [0, 0.05) is 17.9 Å². The quantitative estimate of drug-likeness (QED) is 0.377. The molecule has 0 saturated heterocycles. The van der Waals surface area contributed by atoms with Gasteiger partial charge in [-0.05, 0) is 58.4 Å². The lowest BCUT2D eigenvalue weighted by Crippen LogP contribution is -2.34. The van der Waals surface area contributed by atoms with E-state index in [1.165, 1.54) is 16.9 Å². The fourth-order valence-electron chi connectivity index (χ4n) is 2.85. The van der Waals surface area contributed by atoms with Gasteiger partial charge in [-0.3, -0.25) is 4.31 Å². The van der Waals surface area contributed by atoms with E-state index in [4.69, 9.17) is 9.15 Å². The molecular formula is C25H33BrN4O5S. The van der Waals surface area contributed by atoms with E-state index in [-0.39, 0.29) is 11.8 Å². The summed E-state index contributed by atoms with van der Waals surface area (Å²) < 4.78 is 35.9. The molecule has 11 heteroatoms. The molecule has 196 valence electrons. The van der Waals surface area contributed by atoms with Crippen LogP contribution in [0.15, 0.2) is 52.9 Å². The molecule has 0 saturated carbocycles. The molecule has 0 bridgehead atoms. The van der Waals surface area contributed by atoms with Crippen molar-refractivity contribution >= 4 is 37.7 Å². The van der Waals surface area contributed by atoms with Crippen LogP contribution >= 0.6 is 15.9 Å². The van der Waals surface area contributed by atoms with E-state index in [1.54, 1.807) is 39.8 Å². The zero-order valence-electron chi connectivity index (χ0n) is 21.6. The van der Waals surface area contributed by atoms with Gasteiger partial charge < -0.3 is 14.5 Å². The second-order valence-electron chi connectivity index (χ2n) is 9.22. The van der Waals surface area contributed by atoms with Crippen LogP contribution in [-0.2, 0) is 20.1 Å². The van der Waals surface area contributed by atoms with Gasteiger partial charge in [0.15, 0.2) is 0 Å². The number of rotatable bonds is 6. The number of ether oxygens (including phenoxy) is 1. The smallest absolute Gasteiger partial charge is 0.408 e. The number of sulfonamides is 1. The maximum Gasteiger partial charge on any atom is 0.408 e. The van der Waals surface area contributed by atoms with Crippen LogP contribution in [0.1, 0.15) is 50.8 Å². The fourth-order valence-corrected chi connectivity index (χ4v) is 3.67. The Hall–Kier alpha value is -2.92. The summed E-state index contributed by atoms with van der Waals surface area (Å²) in [5.41, 5.74) is 2.58. The highest BCUT2D eigenvalue weighted by atomic mass is 79.9. The van der Waals surface area contributed by atoms with Crippen LogP contribution in [0, 0.1) is 6.92 Å². The number of hydrogen-bond acceptors (Lipinski definition) is 7. The zero-order valence-corrected chi connectivity index (χ0v) is 24.0. The third kappa shape index (κ3) is 9.27. The van der Waals surface area contributed by atoms with E-state index < -0.39 is 27.8 Å². The first kappa shape index (κ1) is 29.3. The first-order chi connectivity index (χ1) is 16.7. The predicted molar refractivity (Wildman–Crippen MR) is 145 cm³/mol. The number of carbonyl (C=O) groups excluding carboxylic acids is 1. The van der Waals surface area contributed by atoms with E-state index in [2.05, 4.69) is 50.5 Å². The SMILES string of the molecule is C[C@H](NC(=O)OC(C)(C)C)c1nnc(-c2cc(CBr)cc(N(C)S(C)(=O)=O)c2)o1.Cc1ccccc1. The molecule has 0 aliphatic carbocycles. The molecule has 3 rings (SSSR count). The Morgan fingerprint density at radius 2 is 1.81 bits per heavy atom. The lowest BCUT2D eigenvalue weighted by molar-refractivity contribution is 0.0501. The number of hydrogen-bond donors (Lipinski definition) is 1. The number of anilines is 1. The standard InChI is InChI=1S/C18H25BrN4O5S.C7H8/c1-11(20-17(24)28-18(2,3)4)15-21-22-16(27-15)13-7-12(10-19)8-14(9-13)23(5)29(6,25)26;1-7-5-3-2-4-6-7/h7-9,11H,10H2,1-6H3,(H,20,24);2-6H,1H3/t11-;/m0./s1. The summed E-state index contributed by atoms with van der Waals surface area (Å²) in [6, 6.07) is 14.9. The highest BCUT2D eigenvalue weighted by Gasteiger charge is 2.22. The lowest BCUT2D eigenvalue weighted by Gasteiger charge is -2.20. The van der Waals surface area contributed by atoms with Gasteiger partial charge in [-0.1, -0.05) is 51.8 Å². The summed E-state index contributed by atoms with van der Waals surface area (Å²) in [7, 11) is -1.96. The van der Waals surface area contributed by atoms with Gasteiger partial charge in [0.05, 0.1) is 11.9 Å². The number of aromatic nitrogens is 2. The second-order valence-corrected chi connectivity index (χ2v) is 11.8. The Morgan fingerprint density at radius 1 is 1.17 bits per heavy atom. The third-order valence-corrected chi connectivity index (χ3v) is 6.58. The molecule has 1 heterocycles. The van der Waals surface area contributed by atoms with Gasteiger partial charge in [0.2, 0.25) is 21.8 Å². The monoisotopic (exact) mass is 580 g/mol. The van der Waals surface area contributed by atoms with Crippen LogP contribution in [0.2, 0.25) is 0 Å². The maximum absolute atomic E-state index is 11.9. The number of benzene rings is 2. The minimum absolute atomic E-state index is 0.202. The maximum atomic E-state index is 11.9. The Balaban J connectivity index is 0.000000558. The van der Waals surface area contributed by atoms with E-state index in [1.807, 2.05) is 24.3 Å². The normalized spacial score (nSPS) is 12.2. The average Bonchev–Trinajstić information content (AvgIpc) is 3.28. The number of amides is 1. The van der Waals surface area contributed by atoms with Gasteiger partial charge in [0.1, 0.15) is 11.6 Å². The summed E-state index contributed by atoms with van der Waals surface area (Å²) in [5, 5.41) is 11.2. The molecule has 1 aromatic heterocycles. The van der Waals surface area contributed by atoms with E-state index >= 15 is 0 Å². The summed E-state index contributed by atoms with van der Waals surface area (Å²) in [6.45, 7) is 9.08. The van der Waals surface area contributed by atoms with Crippen molar-refractivity contribution in [2.24, 2.45) is 0 Å². The van der Waals surface area contributed by atoms with Gasteiger partial charge in [-0.25, -0.2) is 13.2 Å². The highest BCUT2D eigenvalue weighted by Crippen LogP contribution is 2.29. The van der Waals surface area contributed by atoms with Gasteiger partial charge in [-0.2, -0.15) is 0 Å². The molecule has 0 unspecified atom stereocenters. The summed E-state index contributed by atoms with van der Waals surface area (Å²) >= 11 is 3.38. The first-order valence-corrected chi connectivity index (χ1v) is 14.2. The van der Waals surface area contributed by atoms with Crippen LogP contribution in [0.4, 0.5) is 10.5 Å². The van der Waals surface area contributed by atoms with Crippen molar-refractivity contribution in [2.45, 2.75) is 51.6 Å². The largest absolute Gasteiger partial charge is 0.444 e. The summed E-state index contributed by atoms with van der Waals surface area (Å²) in [6.07, 6.45) is 0.533. The van der Waals surface area contributed by atoms with Crippen LogP contribution in [0.5, 0.6) is 0 Å². The molecule has 36 heavy (non-hydrogen) atoms. The fraction of sp³-hybridized carbons (Fsp3) is 0.400. The van der Waals surface area contributed by atoms with Crippen molar-refractivity contribution in [3.8, 4) is 11.5 Å². The van der Waals surface area contributed by atoms with E-state index in [9.17, 15) is 13.2 Å². The first-order valence-electron chi connectivity index (χ1n) is 11.2. The van der Waals surface area contributed by atoms with Crippen LogP contribution in [0.25, 0.3) is 11.5 Å². The molecule has 9 nitrogen and oxygen atoms in total. The Bertz CT molecular complexity index is 1260. The average molecular weight is 582 g/mol. The van der Waals surface area contributed by atoms with Crippen molar-refractivity contribution < 1.29 is 22.4 Å². The molecule has 1 atom stereocenters. The van der Waals surface area contributed by atoms with Gasteiger partial charge >= 0.3 is 6.09 Å². The molecule has 3 aromatic rings. The molecular weight excluding hydrogens is 548 g/mol. The molecule has 0 aliphatic heterocycles. The van der Waals surface area contributed by atoms with Crippen molar-refractivity contribution in [3.63, 3.8) is 0 Å². The molecule has 0 fully saturated rings. The van der Waals surface area contributed by atoms with Crippen molar-refractivity contribution in [1.82, 2.24) is 15.5 Å². The van der Waals surface area contributed by atoms with Crippen molar-refractivity contribution in [1.29, 1.82) is 0 Å². The second kappa shape index (κ2) is 12.4. The van der Waals surface area contributed by atoms with Crippen LogP contribution in [-0.4, -0.2) is 43.6 Å². The lowest BCUT2D eigenvalue weighted by atomic mass is 10.1. The van der Waals surface area contributed by atoms with Gasteiger partial charge in [0.25, 0.3) is 0 Å². The number of alkyl carbamates (subject to hydrolysis) is 1.